The summed E-state index contributed by atoms with van der Waals surface area (Å²) in [5, 5.41) is 2.03. The summed E-state index contributed by atoms with van der Waals surface area (Å²) in [5.41, 5.74) is 3.08. The van der Waals surface area contributed by atoms with Crippen LogP contribution in [0.1, 0.15) is 12.5 Å². The number of hydrogen-bond acceptors (Lipinski definition) is 6. The number of ether oxygens (including phenoxy) is 2. The lowest BCUT2D eigenvalue weighted by atomic mass is 10.2. The lowest BCUT2D eigenvalue weighted by molar-refractivity contribution is -0.128. The molecule has 2 aromatic carbocycles. The number of thioether (sulfide) groups is 1. The van der Waals surface area contributed by atoms with Gasteiger partial charge < -0.3 is 14.4 Å². The number of nitrogens with zero attached hydrogens (tertiary/aromatic N) is 2. The smallest absolute Gasteiger partial charge is 0.233 e. The van der Waals surface area contributed by atoms with E-state index in [-0.39, 0.29) is 12.7 Å². The minimum absolute atomic E-state index is 0.0987. The summed E-state index contributed by atoms with van der Waals surface area (Å²) in [7, 11) is 0. The van der Waals surface area contributed by atoms with Crippen LogP contribution in [0, 0.1) is 0 Å². The minimum Gasteiger partial charge on any atom is -0.454 e. The zero-order valence-corrected chi connectivity index (χ0v) is 17.1. The first-order valence-electron chi connectivity index (χ1n) is 9.03. The van der Waals surface area contributed by atoms with E-state index in [0.717, 1.165) is 32.7 Å². The van der Waals surface area contributed by atoms with Crippen LogP contribution in [0.2, 0.25) is 0 Å². The van der Waals surface area contributed by atoms with Gasteiger partial charge in [-0.25, -0.2) is 4.98 Å². The molecule has 1 aromatic heterocycles. The molecule has 0 N–H and O–H groups in total. The van der Waals surface area contributed by atoms with Gasteiger partial charge in [0.1, 0.15) is 0 Å². The molecule has 0 atom stereocenters. The Labute approximate surface area is 172 Å². The van der Waals surface area contributed by atoms with Gasteiger partial charge in [0.15, 0.2) is 15.8 Å². The van der Waals surface area contributed by atoms with Gasteiger partial charge in [0.2, 0.25) is 12.7 Å². The molecule has 0 aliphatic carbocycles. The van der Waals surface area contributed by atoms with E-state index in [1.807, 2.05) is 65.7 Å². The summed E-state index contributed by atoms with van der Waals surface area (Å²) in [6.07, 6.45) is 0. The second-order valence-electron chi connectivity index (χ2n) is 6.25. The number of hydrogen-bond donors (Lipinski definition) is 0. The van der Waals surface area contributed by atoms with Crippen LogP contribution < -0.4 is 9.47 Å². The number of rotatable bonds is 7. The Hall–Kier alpha value is -2.51. The maximum absolute atomic E-state index is 12.7. The number of thiazole rings is 1. The van der Waals surface area contributed by atoms with Crippen molar-refractivity contribution in [1.82, 2.24) is 9.88 Å². The van der Waals surface area contributed by atoms with Crippen LogP contribution in [0.5, 0.6) is 11.5 Å². The first kappa shape index (κ1) is 18.8. The average Bonchev–Trinajstić information content (AvgIpc) is 3.40. The molecule has 4 rings (SSSR count). The van der Waals surface area contributed by atoms with E-state index >= 15 is 0 Å². The molecule has 2 heterocycles. The van der Waals surface area contributed by atoms with Crippen LogP contribution in [-0.2, 0) is 11.3 Å². The number of carbonyl (C=O) groups is 1. The number of benzene rings is 2. The fourth-order valence-electron chi connectivity index (χ4n) is 2.92. The van der Waals surface area contributed by atoms with Gasteiger partial charge in [-0.1, -0.05) is 48.2 Å². The predicted octanol–water partition coefficient (Wildman–Crippen LogP) is 4.68. The first-order chi connectivity index (χ1) is 13.7. The SMILES string of the molecule is CCN(Cc1ccc2c(c1)OCO2)C(=O)CSc1nc(-c2ccccc2)cs1. The van der Waals surface area contributed by atoms with Crippen molar-refractivity contribution >= 4 is 29.0 Å². The van der Waals surface area contributed by atoms with Gasteiger partial charge in [0.05, 0.1) is 11.4 Å². The number of fused-ring (bicyclic) bond motifs is 1. The van der Waals surface area contributed by atoms with Gasteiger partial charge in [0.25, 0.3) is 0 Å². The monoisotopic (exact) mass is 412 g/mol. The molecule has 144 valence electrons. The molecular formula is C21H20N2O3S2. The van der Waals surface area contributed by atoms with E-state index in [1.165, 1.54) is 11.8 Å². The summed E-state index contributed by atoms with van der Waals surface area (Å²) in [5.74, 6) is 1.97. The molecular weight excluding hydrogens is 392 g/mol. The molecule has 3 aromatic rings. The van der Waals surface area contributed by atoms with E-state index in [9.17, 15) is 4.79 Å². The van der Waals surface area contributed by atoms with Crippen LogP contribution in [0.25, 0.3) is 11.3 Å². The molecule has 0 saturated heterocycles. The molecule has 5 nitrogen and oxygen atoms in total. The van der Waals surface area contributed by atoms with Crippen LogP contribution in [0.3, 0.4) is 0 Å². The number of carbonyl (C=O) groups excluding carboxylic acids is 1. The largest absolute Gasteiger partial charge is 0.454 e. The third kappa shape index (κ3) is 4.31. The van der Waals surface area contributed by atoms with E-state index in [1.54, 1.807) is 11.3 Å². The predicted molar refractivity (Wildman–Crippen MR) is 112 cm³/mol. The second kappa shape index (κ2) is 8.67. The maximum atomic E-state index is 12.7. The van der Waals surface area contributed by atoms with Gasteiger partial charge in [-0.15, -0.1) is 11.3 Å². The molecule has 0 saturated carbocycles. The Kier molecular flexibility index (Phi) is 5.83. The molecule has 1 amide bonds. The fraction of sp³-hybridized carbons (Fsp3) is 0.238. The van der Waals surface area contributed by atoms with Gasteiger partial charge >= 0.3 is 0 Å². The summed E-state index contributed by atoms with van der Waals surface area (Å²) in [6.45, 7) is 3.46. The topological polar surface area (TPSA) is 51.7 Å². The van der Waals surface area contributed by atoms with Gasteiger partial charge in [0, 0.05) is 24.0 Å². The van der Waals surface area contributed by atoms with Crippen LogP contribution in [0.15, 0.2) is 58.3 Å². The van der Waals surface area contributed by atoms with Gasteiger partial charge in [-0.2, -0.15) is 0 Å². The lowest BCUT2D eigenvalue weighted by Gasteiger charge is -2.20. The van der Waals surface area contributed by atoms with Crippen molar-refractivity contribution in [2.75, 3.05) is 19.1 Å². The van der Waals surface area contributed by atoms with Gasteiger partial charge in [-0.05, 0) is 24.6 Å². The Morgan fingerprint density at radius 1 is 1.18 bits per heavy atom. The standard InChI is InChI=1S/C21H20N2O3S2/c1-2-23(11-15-8-9-18-19(10-15)26-14-25-18)20(24)13-28-21-22-17(12-27-21)16-6-4-3-5-7-16/h3-10,12H,2,11,13-14H2,1H3. The van der Waals surface area contributed by atoms with Crippen molar-refractivity contribution in [3.63, 3.8) is 0 Å². The van der Waals surface area contributed by atoms with Crippen molar-refractivity contribution in [3.05, 3.63) is 59.5 Å². The molecule has 0 fully saturated rings. The summed E-state index contributed by atoms with van der Waals surface area (Å²) >= 11 is 3.06. The van der Waals surface area contributed by atoms with E-state index < -0.39 is 0 Å². The van der Waals surface area contributed by atoms with Gasteiger partial charge in [-0.3, -0.25) is 4.79 Å². The van der Waals surface area contributed by atoms with Crippen molar-refractivity contribution in [2.24, 2.45) is 0 Å². The third-order valence-corrected chi connectivity index (χ3v) is 6.42. The van der Waals surface area contributed by atoms with Crippen molar-refractivity contribution in [3.8, 4) is 22.8 Å². The molecule has 1 aliphatic rings. The van der Waals surface area contributed by atoms with Crippen molar-refractivity contribution in [1.29, 1.82) is 0 Å². The fourth-order valence-corrected chi connectivity index (χ4v) is 4.65. The summed E-state index contributed by atoms with van der Waals surface area (Å²) < 4.78 is 11.7. The second-order valence-corrected chi connectivity index (χ2v) is 8.33. The highest BCUT2D eigenvalue weighted by Gasteiger charge is 2.17. The Bertz CT molecular complexity index is 959. The summed E-state index contributed by atoms with van der Waals surface area (Å²) in [4.78, 5) is 19.2. The highest BCUT2D eigenvalue weighted by atomic mass is 32.2. The van der Waals surface area contributed by atoms with Crippen LogP contribution in [0.4, 0.5) is 0 Å². The maximum Gasteiger partial charge on any atom is 0.233 e. The third-order valence-electron chi connectivity index (χ3n) is 4.42. The highest BCUT2D eigenvalue weighted by molar-refractivity contribution is 8.01. The molecule has 1 aliphatic heterocycles. The average molecular weight is 413 g/mol. The molecule has 0 bridgehead atoms. The van der Waals surface area contributed by atoms with E-state index in [4.69, 9.17) is 9.47 Å². The lowest BCUT2D eigenvalue weighted by Crippen LogP contribution is -2.31. The van der Waals surface area contributed by atoms with Crippen molar-refractivity contribution < 1.29 is 14.3 Å². The Morgan fingerprint density at radius 3 is 2.82 bits per heavy atom. The zero-order valence-electron chi connectivity index (χ0n) is 15.5. The molecule has 7 heteroatoms. The molecule has 0 radical (unpaired) electrons. The Balaban J connectivity index is 1.35. The van der Waals surface area contributed by atoms with Crippen LogP contribution >= 0.6 is 23.1 Å². The summed E-state index contributed by atoms with van der Waals surface area (Å²) in [6, 6.07) is 15.9. The zero-order chi connectivity index (χ0) is 19.3. The van der Waals surface area contributed by atoms with E-state index in [2.05, 4.69) is 4.98 Å². The number of amides is 1. The van der Waals surface area contributed by atoms with Crippen molar-refractivity contribution in [2.45, 2.75) is 17.8 Å². The van der Waals surface area contributed by atoms with E-state index in [0.29, 0.717) is 18.8 Å². The minimum atomic E-state index is 0.0987. The normalized spacial score (nSPS) is 12.2. The first-order valence-corrected chi connectivity index (χ1v) is 10.9. The Morgan fingerprint density at radius 2 is 2.00 bits per heavy atom. The van der Waals surface area contributed by atoms with Crippen LogP contribution in [-0.4, -0.2) is 34.9 Å². The highest BCUT2D eigenvalue weighted by Crippen LogP contribution is 2.33. The quantitative estimate of drug-likeness (QED) is 0.528. The molecule has 0 spiro atoms. The number of aromatic nitrogens is 1. The molecule has 0 unspecified atom stereocenters. The molecule has 28 heavy (non-hydrogen) atoms.